The lowest BCUT2D eigenvalue weighted by Crippen LogP contribution is -2.41. The third kappa shape index (κ3) is 11.1. The normalized spacial score (nSPS) is 20.8. The lowest BCUT2D eigenvalue weighted by molar-refractivity contribution is -0.121. The number of amides is 1. The van der Waals surface area contributed by atoms with E-state index >= 15 is 0 Å². The molecular formula is C19H37IN4O3. The highest BCUT2D eigenvalue weighted by atomic mass is 127. The number of carbonyl (C=O) groups is 1. The molecule has 2 aliphatic rings. The molecule has 0 aromatic heterocycles. The lowest BCUT2D eigenvalue weighted by atomic mass is 9.95. The second kappa shape index (κ2) is 15.3. The van der Waals surface area contributed by atoms with Crippen LogP contribution in [0.4, 0.5) is 0 Å². The minimum atomic E-state index is 0. The van der Waals surface area contributed by atoms with Gasteiger partial charge >= 0.3 is 0 Å². The molecule has 1 aliphatic heterocycles. The summed E-state index contributed by atoms with van der Waals surface area (Å²) in [5.41, 5.74) is 0. The molecule has 0 bridgehead atoms. The van der Waals surface area contributed by atoms with Crippen LogP contribution < -0.4 is 16.0 Å². The number of rotatable bonds is 10. The van der Waals surface area contributed by atoms with Gasteiger partial charge in [0.25, 0.3) is 0 Å². The second-order valence-electron chi connectivity index (χ2n) is 7.14. The van der Waals surface area contributed by atoms with E-state index in [1.807, 2.05) is 0 Å². The summed E-state index contributed by atoms with van der Waals surface area (Å²) in [4.78, 5) is 16.2. The van der Waals surface area contributed by atoms with E-state index in [2.05, 4.69) is 20.9 Å². The molecule has 0 aromatic rings. The van der Waals surface area contributed by atoms with Crippen molar-refractivity contribution in [2.24, 2.45) is 4.99 Å². The number of aliphatic imine (C=N–C) groups is 1. The van der Waals surface area contributed by atoms with Gasteiger partial charge in [-0.1, -0.05) is 19.3 Å². The van der Waals surface area contributed by atoms with Gasteiger partial charge in [0.1, 0.15) is 0 Å². The van der Waals surface area contributed by atoms with Crippen molar-refractivity contribution in [3.8, 4) is 0 Å². The molecule has 0 radical (unpaired) electrons. The molecular weight excluding hydrogens is 459 g/mol. The number of hydrogen-bond donors (Lipinski definition) is 3. The Labute approximate surface area is 180 Å². The fraction of sp³-hybridized carbons (Fsp3) is 0.895. The maximum absolute atomic E-state index is 12.0. The molecule has 3 N–H and O–H groups in total. The monoisotopic (exact) mass is 496 g/mol. The molecule has 0 aromatic carbocycles. The Morgan fingerprint density at radius 3 is 2.59 bits per heavy atom. The van der Waals surface area contributed by atoms with E-state index in [4.69, 9.17) is 9.47 Å². The zero-order valence-corrected chi connectivity index (χ0v) is 19.0. The zero-order valence-electron chi connectivity index (χ0n) is 16.6. The van der Waals surface area contributed by atoms with Crippen molar-refractivity contribution in [2.75, 3.05) is 40.0 Å². The van der Waals surface area contributed by atoms with Crippen LogP contribution in [0.15, 0.2) is 4.99 Å². The van der Waals surface area contributed by atoms with E-state index in [0.717, 1.165) is 51.2 Å². The molecule has 27 heavy (non-hydrogen) atoms. The molecule has 1 unspecified atom stereocenters. The first-order chi connectivity index (χ1) is 12.8. The number of ether oxygens (including phenoxy) is 2. The molecule has 2 rings (SSSR count). The van der Waals surface area contributed by atoms with E-state index < -0.39 is 0 Å². The molecule has 1 heterocycles. The average molecular weight is 496 g/mol. The second-order valence-corrected chi connectivity index (χ2v) is 7.14. The highest BCUT2D eigenvalue weighted by Crippen LogP contribution is 2.17. The third-order valence-electron chi connectivity index (χ3n) is 4.92. The minimum absolute atomic E-state index is 0. The van der Waals surface area contributed by atoms with Crippen molar-refractivity contribution in [3.63, 3.8) is 0 Å². The third-order valence-corrected chi connectivity index (χ3v) is 4.92. The van der Waals surface area contributed by atoms with Crippen LogP contribution in [0.3, 0.4) is 0 Å². The topological polar surface area (TPSA) is 84.0 Å². The number of guanidine groups is 1. The van der Waals surface area contributed by atoms with Gasteiger partial charge in [0.05, 0.1) is 12.7 Å². The predicted octanol–water partition coefficient (Wildman–Crippen LogP) is 2.19. The lowest BCUT2D eigenvalue weighted by Gasteiger charge is -2.22. The highest BCUT2D eigenvalue weighted by molar-refractivity contribution is 14.0. The Morgan fingerprint density at radius 2 is 1.89 bits per heavy atom. The smallest absolute Gasteiger partial charge is 0.221 e. The Balaban J connectivity index is 0.00000364. The molecule has 1 saturated heterocycles. The highest BCUT2D eigenvalue weighted by Gasteiger charge is 2.16. The van der Waals surface area contributed by atoms with Gasteiger partial charge < -0.3 is 25.4 Å². The van der Waals surface area contributed by atoms with Crippen LogP contribution in [0.2, 0.25) is 0 Å². The quantitative estimate of drug-likeness (QED) is 0.187. The van der Waals surface area contributed by atoms with E-state index in [9.17, 15) is 4.79 Å². The number of nitrogens with zero attached hydrogens (tertiary/aromatic N) is 1. The molecule has 1 atom stereocenters. The van der Waals surface area contributed by atoms with Crippen LogP contribution in [0, 0.1) is 0 Å². The number of carbonyl (C=O) groups excluding carboxylic acids is 1. The van der Waals surface area contributed by atoms with Crippen LogP contribution >= 0.6 is 24.0 Å². The van der Waals surface area contributed by atoms with Crippen molar-refractivity contribution in [3.05, 3.63) is 0 Å². The van der Waals surface area contributed by atoms with Gasteiger partial charge in [0, 0.05) is 45.8 Å². The molecule has 158 valence electrons. The maximum atomic E-state index is 12.0. The van der Waals surface area contributed by atoms with Crippen molar-refractivity contribution >= 4 is 35.8 Å². The summed E-state index contributed by atoms with van der Waals surface area (Å²) in [6, 6.07) is 0.378. The molecule has 0 spiro atoms. The average Bonchev–Trinajstić information content (AvgIpc) is 3.17. The van der Waals surface area contributed by atoms with Gasteiger partial charge in [-0.05, 0) is 32.1 Å². The fourth-order valence-electron chi connectivity index (χ4n) is 3.43. The summed E-state index contributed by atoms with van der Waals surface area (Å²) >= 11 is 0. The number of nitrogens with one attached hydrogen (secondary N) is 3. The SMILES string of the molecule is CN=C(NCCCOCC1CCCO1)NCCC(=O)NC1CCCCC1.I. The van der Waals surface area contributed by atoms with Gasteiger partial charge in [-0.3, -0.25) is 9.79 Å². The van der Waals surface area contributed by atoms with Crippen LogP contribution in [-0.2, 0) is 14.3 Å². The predicted molar refractivity (Wildman–Crippen MR) is 119 cm³/mol. The van der Waals surface area contributed by atoms with E-state index in [1.54, 1.807) is 7.05 Å². The zero-order chi connectivity index (χ0) is 18.5. The summed E-state index contributed by atoms with van der Waals surface area (Å²) in [5.74, 6) is 0.858. The molecule has 1 amide bonds. The van der Waals surface area contributed by atoms with Crippen molar-refractivity contribution < 1.29 is 14.3 Å². The Hall–Kier alpha value is -0.610. The van der Waals surface area contributed by atoms with Gasteiger partial charge in [-0.15, -0.1) is 24.0 Å². The molecule has 7 nitrogen and oxygen atoms in total. The van der Waals surface area contributed by atoms with Crippen LogP contribution in [0.5, 0.6) is 0 Å². The van der Waals surface area contributed by atoms with Crippen LogP contribution in [0.1, 0.15) is 57.8 Å². The van der Waals surface area contributed by atoms with E-state index in [-0.39, 0.29) is 36.0 Å². The molecule has 1 aliphatic carbocycles. The van der Waals surface area contributed by atoms with Gasteiger partial charge in [-0.25, -0.2) is 0 Å². The summed E-state index contributed by atoms with van der Waals surface area (Å²) < 4.78 is 11.2. The van der Waals surface area contributed by atoms with Gasteiger partial charge in [-0.2, -0.15) is 0 Å². The number of hydrogen-bond acceptors (Lipinski definition) is 4. The van der Waals surface area contributed by atoms with Crippen molar-refractivity contribution in [1.82, 2.24) is 16.0 Å². The van der Waals surface area contributed by atoms with Crippen LogP contribution in [0.25, 0.3) is 0 Å². The fourth-order valence-corrected chi connectivity index (χ4v) is 3.43. The standard InChI is InChI=1S/C19H36N4O3.HI/c1-20-19(21-11-6-13-25-15-17-9-5-14-26-17)22-12-10-18(24)23-16-7-3-2-4-8-16;/h16-17H,2-15H2,1H3,(H,23,24)(H2,20,21,22);1H. The maximum Gasteiger partial charge on any atom is 0.221 e. The van der Waals surface area contributed by atoms with Gasteiger partial charge in [0.15, 0.2) is 5.96 Å². The molecule has 8 heteroatoms. The first-order valence-corrected chi connectivity index (χ1v) is 10.2. The number of halogens is 1. The summed E-state index contributed by atoms with van der Waals surface area (Å²) in [5, 5.41) is 9.57. The summed E-state index contributed by atoms with van der Waals surface area (Å²) in [6.07, 6.45) is 9.95. The van der Waals surface area contributed by atoms with Crippen molar-refractivity contribution in [1.29, 1.82) is 0 Å². The Kier molecular flexibility index (Phi) is 13.9. The van der Waals surface area contributed by atoms with Crippen molar-refractivity contribution in [2.45, 2.75) is 69.9 Å². The summed E-state index contributed by atoms with van der Waals surface area (Å²) in [6.45, 7) is 3.67. The summed E-state index contributed by atoms with van der Waals surface area (Å²) in [7, 11) is 1.74. The van der Waals surface area contributed by atoms with E-state index in [1.165, 1.54) is 19.3 Å². The first-order valence-electron chi connectivity index (χ1n) is 10.2. The Morgan fingerprint density at radius 1 is 1.11 bits per heavy atom. The Bertz CT molecular complexity index is 425. The van der Waals surface area contributed by atoms with E-state index in [0.29, 0.717) is 32.2 Å². The largest absolute Gasteiger partial charge is 0.379 e. The van der Waals surface area contributed by atoms with Crippen LogP contribution in [-0.4, -0.2) is 64.0 Å². The van der Waals surface area contributed by atoms with Gasteiger partial charge in [0.2, 0.25) is 5.91 Å². The molecule has 2 fully saturated rings. The minimum Gasteiger partial charge on any atom is -0.379 e. The first kappa shape index (κ1) is 24.4. The molecule has 1 saturated carbocycles.